The number of thiocarbonyl (C=S) groups is 1. The maximum absolute atomic E-state index is 12.8. The number of anilines is 1. The molecule has 0 spiro atoms. The van der Waals surface area contributed by atoms with Gasteiger partial charge in [0.15, 0.2) is 16.6 Å². The van der Waals surface area contributed by atoms with E-state index in [1.807, 2.05) is 0 Å². The van der Waals surface area contributed by atoms with E-state index in [0.717, 1.165) is 0 Å². The first-order valence-electron chi connectivity index (χ1n) is 6.41. The van der Waals surface area contributed by atoms with E-state index < -0.39 is 0 Å². The minimum Gasteiger partial charge on any atom is -0.503 e. The van der Waals surface area contributed by atoms with E-state index in [-0.39, 0.29) is 16.7 Å². The van der Waals surface area contributed by atoms with Crippen molar-refractivity contribution >= 4 is 45.2 Å². The molecule has 0 amide bonds. The van der Waals surface area contributed by atoms with Crippen molar-refractivity contribution in [1.29, 1.82) is 0 Å². The summed E-state index contributed by atoms with van der Waals surface area (Å²) in [6, 6.07) is 9.09. The number of hydrogen-bond donors (Lipinski definition) is 3. The average Bonchev–Trinajstić information content (AvgIpc) is 2.53. The van der Waals surface area contributed by atoms with Gasteiger partial charge in [0.2, 0.25) is 0 Å². The molecule has 120 valence electrons. The van der Waals surface area contributed by atoms with Crippen molar-refractivity contribution in [3.05, 3.63) is 52.3 Å². The monoisotopic (exact) mass is 397 g/mol. The van der Waals surface area contributed by atoms with Gasteiger partial charge in [0.05, 0.1) is 17.8 Å². The Kier molecular flexibility index (Phi) is 5.89. The minimum absolute atomic E-state index is 0.0195. The lowest BCUT2D eigenvalue weighted by Gasteiger charge is -2.07. The van der Waals surface area contributed by atoms with Crippen molar-refractivity contribution in [1.82, 2.24) is 5.43 Å². The number of hydrogen-bond acceptors (Lipinski definition) is 4. The van der Waals surface area contributed by atoms with Gasteiger partial charge < -0.3 is 15.2 Å². The van der Waals surface area contributed by atoms with Crippen molar-refractivity contribution in [3.8, 4) is 11.5 Å². The molecule has 2 aromatic carbocycles. The van der Waals surface area contributed by atoms with Gasteiger partial charge in [0, 0.05) is 5.69 Å². The number of nitrogens with zero attached hydrogens (tertiary/aromatic N) is 1. The molecule has 0 saturated carbocycles. The summed E-state index contributed by atoms with van der Waals surface area (Å²) in [7, 11) is 1.46. The molecule has 0 radical (unpaired) electrons. The number of methoxy groups -OCH3 is 1. The molecule has 0 aromatic heterocycles. The number of nitrogens with one attached hydrogen (secondary N) is 2. The molecule has 3 N–H and O–H groups in total. The maximum Gasteiger partial charge on any atom is 0.191 e. The number of ether oxygens (including phenoxy) is 1. The molecule has 0 aliphatic rings. The van der Waals surface area contributed by atoms with Crippen LogP contribution < -0.4 is 15.5 Å². The molecule has 0 fully saturated rings. The number of rotatable bonds is 4. The molecule has 8 heteroatoms. The van der Waals surface area contributed by atoms with E-state index in [4.69, 9.17) is 17.0 Å². The molecule has 0 aliphatic heterocycles. The van der Waals surface area contributed by atoms with Gasteiger partial charge in [0.25, 0.3) is 0 Å². The second-order valence-corrected chi connectivity index (χ2v) is 5.65. The van der Waals surface area contributed by atoms with Crippen LogP contribution in [0.5, 0.6) is 11.5 Å². The van der Waals surface area contributed by atoms with E-state index in [1.54, 1.807) is 24.3 Å². The molecule has 5 nitrogen and oxygen atoms in total. The molecule has 0 heterocycles. The Morgan fingerprint density at radius 2 is 2.04 bits per heavy atom. The van der Waals surface area contributed by atoms with Crippen molar-refractivity contribution in [2.75, 3.05) is 12.4 Å². The third kappa shape index (κ3) is 4.90. The quantitative estimate of drug-likeness (QED) is 0.417. The fourth-order valence-corrected chi connectivity index (χ4v) is 2.31. The lowest BCUT2D eigenvalue weighted by atomic mass is 10.2. The van der Waals surface area contributed by atoms with Gasteiger partial charge in [-0.1, -0.05) is 0 Å². The summed E-state index contributed by atoms with van der Waals surface area (Å²) in [5, 5.41) is 16.8. The molecule has 2 rings (SSSR count). The van der Waals surface area contributed by atoms with Crippen molar-refractivity contribution in [2.45, 2.75) is 0 Å². The summed E-state index contributed by atoms with van der Waals surface area (Å²) in [5.74, 6) is 0.0262. The zero-order valence-corrected chi connectivity index (χ0v) is 14.4. The Morgan fingerprint density at radius 1 is 1.35 bits per heavy atom. The molecular weight excluding hydrogens is 385 g/mol. The zero-order valence-electron chi connectivity index (χ0n) is 12.0. The predicted molar refractivity (Wildman–Crippen MR) is 95.7 cm³/mol. The average molecular weight is 398 g/mol. The smallest absolute Gasteiger partial charge is 0.191 e. The SMILES string of the molecule is COc1cc(/C=N/NC(=S)Nc2ccc(F)cc2)cc(Br)c1O. The van der Waals surface area contributed by atoms with E-state index in [1.165, 1.54) is 25.5 Å². The first-order chi connectivity index (χ1) is 11.0. The summed E-state index contributed by atoms with van der Waals surface area (Å²) in [4.78, 5) is 0. The van der Waals surface area contributed by atoms with Crippen LogP contribution in [0.3, 0.4) is 0 Å². The van der Waals surface area contributed by atoms with Crippen LogP contribution in [-0.2, 0) is 0 Å². The van der Waals surface area contributed by atoms with Gasteiger partial charge in [-0.15, -0.1) is 0 Å². The van der Waals surface area contributed by atoms with Crippen molar-refractivity contribution < 1.29 is 14.2 Å². The topological polar surface area (TPSA) is 65.9 Å². The van der Waals surface area contributed by atoms with Crippen LogP contribution in [0, 0.1) is 5.82 Å². The van der Waals surface area contributed by atoms with Gasteiger partial charge in [-0.2, -0.15) is 5.10 Å². The first-order valence-corrected chi connectivity index (χ1v) is 7.62. The normalized spacial score (nSPS) is 10.6. The van der Waals surface area contributed by atoms with Gasteiger partial charge in [-0.3, -0.25) is 5.43 Å². The number of hydrazone groups is 1. The van der Waals surface area contributed by atoms with Crippen molar-refractivity contribution in [2.24, 2.45) is 5.10 Å². The fraction of sp³-hybridized carbons (Fsp3) is 0.0667. The van der Waals surface area contributed by atoms with E-state index in [0.29, 0.717) is 21.5 Å². The summed E-state index contributed by atoms with van der Waals surface area (Å²) in [5.41, 5.74) is 3.99. The standard InChI is InChI=1S/C15H13BrFN3O2S/c1-22-13-7-9(6-12(16)14(13)21)8-18-20-15(23)19-11-4-2-10(17)3-5-11/h2-8,21H,1H3,(H2,19,20,23)/b18-8+. The summed E-state index contributed by atoms with van der Waals surface area (Å²) < 4.78 is 18.3. The molecule has 2 aromatic rings. The Balaban J connectivity index is 1.97. The lowest BCUT2D eigenvalue weighted by molar-refractivity contribution is 0.372. The van der Waals surface area contributed by atoms with Crippen LogP contribution >= 0.6 is 28.1 Å². The minimum atomic E-state index is -0.320. The van der Waals surface area contributed by atoms with E-state index >= 15 is 0 Å². The third-order valence-corrected chi connectivity index (χ3v) is 3.55. The highest BCUT2D eigenvalue weighted by Gasteiger charge is 2.07. The Bertz CT molecular complexity index is 738. The molecule has 0 bridgehead atoms. The lowest BCUT2D eigenvalue weighted by Crippen LogP contribution is -2.23. The molecule has 23 heavy (non-hydrogen) atoms. The fourth-order valence-electron chi connectivity index (χ4n) is 1.68. The van der Waals surface area contributed by atoms with Crippen LogP contribution in [0.15, 0.2) is 46.0 Å². The highest BCUT2D eigenvalue weighted by molar-refractivity contribution is 9.10. The molecular formula is C15H13BrFN3O2S. The first kappa shape index (κ1) is 17.2. The van der Waals surface area contributed by atoms with E-state index in [9.17, 15) is 9.50 Å². The van der Waals surface area contributed by atoms with E-state index in [2.05, 4.69) is 31.8 Å². The molecule has 0 unspecified atom stereocenters. The Morgan fingerprint density at radius 3 is 2.70 bits per heavy atom. The highest BCUT2D eigenvalue weighted by atomic mass is 79.9. The highest BCUT2D eigenvalue weighted by Crippen LogP contribution is 2.34. The zero-order chi connectivity index (χ0) is 16.8. The number of aromatic hydroxyl groups is 1. The van der Waals surface area contributed by atoms with Gasteiger partial charge in [0.1, 0.15) is 5.82 Å². The maximum atomic E-state index is 12.8. The van der Waals surface area contributed by atoms with Crippen LogP contribution in [0.2, 0.25) is 0 Å². The number of phenolic OH excluding ortho intramolecular Hbond substituents is 1. The Labute approximate surface area is 146 Å². The second-order valence-electron chi connectivity index (χ2n) is 4.38. The predicted octanol–water partition coefficient (Wildman–Crippen LogP) is 3.62. The van der Waals surface area contributed by atoms with Crippen LogP contribution in [0.25, 0.3) is 0 Å². The van der Waals surface area contributed by atoms with Gasteiger partial charge in [-0.05, 0) is 70.1 Å². The summed E-state index contributed by atoms with van der Waals surface area (Å²) in [6.45, 7) is 0. The third-order valence-electron chi connectivity index (χ3n) is 2.75. The summed E-state index contributed by atoms with van der Waals surface area (Å²) >= 11 is 8.30. The second kappa shape index (κ2) is 7.89. The van der Waals surface area contributed by atoms with Gasteiger partial charge >= 0.3 is 0 Å². The molecule has 0 saturated heterocycles. The van der Waals surface area contributed by atoms with Crippen molar-refractivity contribution in [3.63, 3.8) is 0 Å². The van der Waals surface area contributed by atoms with Gasteiger partial charge in [-0.25, -0.2) is 4.39 Å². The number of halogens is 2. The largest absolute Gasteiger partial charge is 0.503 e. The molecule has 0 aliphatic carbocycles. The van der Waals surface area contributed by atoms with Crippen LogP contribution in [-0.4, -0.2) is 23.5 Å². The molecule has 0 atom stereocenters. The Hall–Kier alpha value is -2.19. The number of benzene rings is 2. The summed E-state index contributed by atoms with van der Waals surface area (Å²) in [6.07, 6.45) is 1.52. The van der Waals surface area contributed by atoms with Crippen LogP contribution in [0.4, 0.5) is 10.1 Å². The van der Waals surface area contributed by atoms with Crippen LogP contribution in [0.1, 0.15) is 5.56 Å². The number of phenols is 1.